The summed E-state index contributed by atoms with van der Waals surface area (Å²) >= 11 is 0. The number of hydrogen-bond donors (Lipinski definition) is 0. The highest BCUT2D eigenvalue weighted by molar-refractivity contribution is 5.53. The fourth-order valence-electron chi connectivity index (χ4n) is 2.18. The van der Waals surface area contributed by atoms with Crippen molar-refractivity contribution in [3.63, 3.8) is 0 Å². The third-order valence-electron chi connectivity index (χ3n) is 2.87. The molecule has 0 saturated carbocycles. The lowest BCUT2D eigenvalue weighted by Gasteiger charge is -2.23. The Morgan fingerprint density at radius 2 is 1.60 bits per heavy atom. The van der Waals surface area contributed by atoms with Gasteiger partial charge in [0.25, 0.3) is 0 Å². The van der Waals surface area contributed by atoms with Gasteiger partial charge in [-0.3, -0.25) is 0 Å². The molecule has 3 nitrogen and oxygen atoms in total. The van der Waals surface area contributed by atoms with Gasteiger partial charge in [-0.05, 0) is 6.92 Å². The smallest absolute Gasteiger partial charge is 0.183 e. The number of hydrogen-bond acceptors (Lipinski definition) is 2. The molecule has 2 rings (SSSR count). The lowest BCUT2D eigenvalue weighted by atomic mass is 9.91. The van der Waals surface area contributed by atoms with Crippen LogP contribution in [0.1, 0.15) is 32.2 Å². The van der Waals surface area contributed by atoms with E-state index >= 15 is 0 Å². The zero-order chi connectivity index (χ0) is 11.2. The van der Waals surface area contributed by atoms with Crippen molar-refractivity contribution in [1.82, 2.24) is 4.57 Å². The largest absolute Gasteiger partial charge is 0.484 e. The maximum absolute atomic E-state index is 5.74. The third kappa shape index (κ3) is 1.50. The zero-order valence-electron chi connectivity index (χ0n) is 10.2. The molecule has 2 heterocycles. The summed E-state index contributed by atoms with van der Waals surface area (Å²) in [5, 5.41) is 0. The summed E-state index contributed by atoms with van der Waals surface area (Å²) < 4.78 is 13.6. The highest BCUT2D eigenvalue weighted by Crippen LogP contribution is 2.44. The van der Waals surface area contributed by atoms with E-state index in [4.69, 9.17) is 9.47 Å². The van der Waals surface area contributed by atoms with Crippen LogP contribution in [-0.4, -0.2) is 17.8 Å². The molecule has 1 aliphatic rings. The Morgan fingerprint density at radius 3 is 2.13 bits per heavy atom. The van der Waals surface area contributed by atoms with Crippen LogP contribution >= 0.6 is 0 Å². The first-order valence-electron chi connectivity index (χ1n) is 5.38. The van der Waals surface area contributed by atoms with Crippen molar-refractivity contribution in [2.45, 2.75) is 33.1 Å². The molecular weight excluding hydrogens is 190 g/mol. The Morgan fingerprint density at radius 1 is 1.07 bits per heavy atom. The van der Waals surface area contributed by atoms with Crippen molar-refractivity contribution < 1.29 is 9.47 Å². The van der Waals surface area contributed by atoms with E-state index in [1.54, 1.807) is 0 Å². The van der Waals surface area contributed by atoms with Gasteiger partial charge in [0.1, 0.15) is 13.2 Å². The molecule has 0 spiro atoms. The Balaban J connectivity index is 2.64. The van der Waals surface area contributed by atoms with Gasteiger partial charge in [0.15, 0.2) is 11.5 Å². The van der Waals surface area contributed by atoms with Crippen LogP contribution in [-0.2, 0) is 12.5 Å². The lowest BCUT2D eigenvalue weighted by molar-refractivity contribution is 0.169. The summed E-state index contributed by atoms with van der Waals surface area (Å²) in [4.78, 5) is 0. The average molecular weight is 209 g/mol. The van der Waals surface area contributed by atoms with E-state index in [2.05, 4.69) is 39.3 Å². The molecule has 0 bridgehead atoms. The SMILES string of the molecule is Cc1c2c(c(C(C)(C)C)n1C)OCCO2. The number of ether oxygens (including phenoxy) is 2. The number of aromatic nitrogens is 1. The summed E-state index contributed by atoms with van der Waals surface area (Å²) in [5.74, 6) is 1.86. The maximum atomic E-state index is 5.74. The summed E-state index contributed by atoms with van der Waals surface area (Å²) in [6.45, 7) is 9.96. The molecule has 1 aliphatic heterocycles. The molecule has 0 amide bonds. The topological polar surface area (TPSA) is 23.4 Å². The average Bonchev–Trinajstić information content (AvgIpc) is 2.39. The molecule has 0 atom stereocenters. The predicted molar refractivity (Wildman–Crippen MR) is 59.8 cm³/mol. The van der Waals surface area contributed by atoms with E-state index in [1.165, 1.54) is 5.69 Å². The molecule has 0 aliphatic carbocycles. The van der Waals surface area contributed by atoms with Crippen molar-refractivity contribution in [3.05, 3.63) is 11.4 Å². The van der Waals surface area contributed by atoms with Gasteiger partial charge in [-0.15, -0.1) is 0 Å². The van der Waals surface area contributed by atoms with Crippen LogP contribution in [0.5, 0.6) is 11.5 Å². The lowest BCUT2D eigenvalue weighted by Crippen LogP contribution is -2.20. The number of rotatable bonds is 0. The molecule has 1 aromatic heterocycles. The maximum Gasteiger partial charge on any atom is 0.183 e. The van der Waals surface area contributed by atoms with Gasteiger partial charge in [-0.25, -0.2) is 0 Å². The van der Waals surface area contributed by atoms with Gasteiger partial charge in [-0.2, -0.15) is 0 Å². The van der Waals surface area contributed by atoms with Crippen LogP contribution in [0.4, 0.5) is 0 Å². The first kappa shape index (κ1) is 10.4. The summed E-state index contributed by atoms with van der Waals surface area (Å²) in [6, 6.07) is 0. The fraction of sp³-hybridized carbons (Fsp3) is 0.667. The number of nitrogens with zero attached hydrogens (tertiary/aromatic N) is 1. The molecule has 15 heavy (non-hydrogen) atoms. The quantitative estimate of drug-likeness (QED) is 0.655. The first-order chi connectivity index (χ1) is 6.93. The Labute approximate surface area is 91.0 Å². The van der Waals surface area contributed by atoms with Crippen LogP contribution in [0.15, 0.2) is 0 Å². The Bertz CT molecular complexity index is 385. The van der Waals surface area contributed by atoms with Gasteiger partial charge < -0.3 is 14.0 Å². The molecule has 0 radical (unpaired) electrons. The van der Waals surface area contributed by atoms with E-state index in [1.807, 2.05) is 0 Å². The highest BCUT2D eigenvalue weighted by Gasteiger charge is 2.31. The molecule has 3 heteroatoms. The summed E-state index contributed by atoms with van der Waals surface area (Å²) in [6.07, 6.45) is 0. The molecule has 0 N–H and O–H groups in total. The van der Waals surface area contributed by atoms with Crippen LogP contribution in [0.3, 0.4) is 0 Å². The second-order valence-corrected chi connectivity index (χ2v) is 5.10. The molecule has 1 aromatic rings. The fourth-order valence-corrected chi connectivity index (χ4v) is 2.18. The Kier molecular flexibility index (Phi) is 2.21. The van der Waals surface area contributed by atoms with E-state index in [0.29, 0.717) is 13.2 Å². The van der Waals surface area contributed by atoms with Crippen LogP contribution in [0.25, 0.3) is 0 Å². The first-order valence-corrected chi connectivity index (χ1v) is 5.38. The monoisotopic (exact) mass is 209 g/mol. The predicted octanol–water partition coefficient (Wildman–Crippen LogP) is 2.40. The van der Waals surface area contributed by atoms with Crippen molar-refractivity contribution >= 4 is 0 Å². The molecular formula is C12H19NO2. The molecule has 0 fully saturated rings. The number of fused-ring (bicyclic) bond motifs is 1. The van der Waals surface area contributed by atoms with E-state index in [-0.39, 0.29) is 5.41 Å². The van der Waals surface area contributed by atoms with Crippen molar-refractivity contribution in [1.29, 1.82) is 0 Å². The normalized spacial score (nSPS) is 15.5. The molecule has 0 aromatic carbocycles. The van der Waals surface area contributed by atoms with E-state index in [9.17, 15) is 0 Å². The summed E-state index contributed by atoms with van der Waals surface area (Å²) in [5.41, 5.74) is 2.44. The van der Waals surface area contributed by atoms with Crippen molar-refractivity contribution in [3.8, 4) is 11.5 Å². The van der Waals surface area contributed by atoms with Gasteiger partial charge in [0, 0.05) is 12.5 Å². The second-order valence-electron chi connectivity index (χ2n) is 5.10. The minimum Gasteiger partial charge on any atom is -0.484 e. The zero-order valence-corrected chi connectivity index (χ0v) is 10.2. The molecule has 0 saturated heterocycles. The van der Waals surface area contributed by atoms with Gasteiger partial charge in [-0.1, -0.05) is 20.8 Å². The minimum atomic E-state index is 0.0772. The minimum absolute atomic E-state index is 0.0772. The second kappa shape index (κ2) is 3.19. The van der Waals surface area contributed by atoms with E-state index < -0.39 is 0 Å². The summed E-state index contributed by atoms with van der Waals surface area (Å²) in [7, 11) is 2.07. The highest BCUT2D eigenvalue weighted by atomic mass is 16.6. The molecule has 84 valence electrons. The van der Waals surface area contributed by atoms with Gasteiger partial charge in [0.05, 0.1) is 11.4 Å². The van der Waals surface area contributed by atoms with E-state index in [0.717, 1.165) is 17.2 Å². The third-order valence-corrected chi connectivity index (χ3v) is 2.87. The Hall–Kier alpha value is -1.12. The van der Waals surface area contributed by atoms with Crippen molar-refractivity contribution in [2.75, 3.05) is 13.2 Å². The van der Waals surface area contributed by atoms with Gasteiger partial charge >= 0.3 is 0 Å². The van der Waals surface area contributed by atoms with Gasteiger partial charge in [0.2, 0.25) is 0 Å². The van der Waals surface area contributed by atoms with Crippen LogP contribution in [0.2, 0.25) is 0 Å². The molecule has 0 unspecified atom stereocenters. The van der Waals surface area contributed by atoms with Crippen molar-refractivity contribution in [2.24, 2.45) is 7.05 Å². The standard InChI is InChI=1S/C12H19NO2/c1-8-9-10(15-7-6-14-9)11(13(8)5)12(2,3)4/h6-7H2,1-5H3. The van der Waals surface area contributed by atoms with Crippen LogP contribution < -0.4 is 9.47 Å². The van der Waals surface area contributed by atoms with Crippen LogP contribution in [0, 0.1) is 6.92 Å².